The van der Waals surface area contributed by atoms with Crippen LogP contribution in [0.4, 0.5) is 5.69 Å². The zero-order chi connectivity index (χ0) is 10.8. The first-order valence-corrected chi connectivity index (χ1v) is 5.72. The summed E-state index contributed by atoms with van der Waals surface area (Å²) in [6.45, 7) is 2.66. The van der Waals surface area contributed by atoms with E-state index in [2.05, 4.69) is 6.07 Å². The number of amides is 1. The van der Waals surface area contributed by atoms with Crippen LogP contribution >= 0.6 is 11.6 Å². The molecule has 0 spiro atoms. The van der Waals surface area contributed by atoms with Gasteiger partial charge in [-0.15, -0.1) is 11.6 Å². The largest absolute Gasteiger partial charge is 0.312 e. The molecule has 0 bridgehead atoms. The summed E-state index contributed by atoms with van der Waals surface area (Å²) in [6, 6.07) is 8.06. The van der Waals surface area contributed by atoms with Crippen LogP contribution in [-0.4, -0.2) is 18.3 Å². The number of hydrogen-bond donors (Lipinski definition) is 0. The van der Waals surface area contributed by atoms with Crippen molar-refractivity contribution in [3.63, 3.8) is 0 Å². The molecule has 0 N–H and O–H groups in total. The third-order valence-electron chi connectivity index (χ3n) is 2.81. The highest BCUT2D eigenvalue weighted by Gasteiger charge is 2.26. The molecule has 1 aromatic rings. The fourth-order valence-corrected chi connectivity index (χ4v) is 2.03. The van der Waals surface area contributed by atoms with Crippen molar-refractivity contribution >= 4 is 23.2 Å². The van der Waals surface area contributed by atoms with Gasteiger partial charge in [-0.1, -0.05) is 25.1 Å². The number of carbonyl (C=O) groups is 1. The van der Waals surface area contributed by atoms with E-state index in [0.717, 1.165) is 18.7 Å². The molecule has 0 aliphatic carbocycles. The van der Waals surface area contributed by atoms with E-state index in [1.165, 1.54) is 5.56 Å². The van der Waals surface area contributed by atoms with Crippen molar-refractivity contribution < 1.29 is 4.79 Å². The van der Waals surface area contributed by atoms with E-state index in [9.17, 15) is 4.79 Å². The van der Waals surface area contributed by atoms with Gasteiger partial charge in [-0.05, 0) is 18.1 Å². The van der Waals surface area contributed by atoms with E-state index in [0.29, 0.717) is 5.88 Å². The molecular formula is C12H14ClNO. The Balaban J connectivity index is 2.24. The molecular weight excluding hydrogens is 210 g/mol. The second-order valence-electron chi connectivity index (χ2n) is 3.92. The number of rotatable bonds is 2. The molecule has 1 aromatic carbocycles. The molecule has 1 heterocycles. The van der Waals surface area contributed by atoms with Crippen LogP contribution in [0.15, 0.2) is 24.3 Å². The maximum atomic E-state index is 12.0. The van der Waals surface area contributed by atoms with Crippen LogP contribution in [0.25, 0.3) is 0 Å². The lowest BCUT2D eigenvalue weighted by atomic mass is 10.1. The fourth-order valence-electron chi connectivity index (χ4n) is 1.90. The molecule has 0 fully saturated rings. The summed E-state index contributed by atoms with van der Waals surface area (Å²) < 4.78 is 0. The maximum Gasteiger partial charge on any atom is 0.231 e. The fraction of sp³-hybridized carbons (Fsp3) is 0.417. The number of nitrogens with zero attached hydrogens (tertiary/aromatic N) is 1. The molecule has 0 aromatic heterocycles. The Morgan fingerprint density at radius 3 is 3.00 bits per heavy atom. The smallest absolute Gasteiger partial charge is 0.231 e. The topological polar surface area (TPSA) is 20.3 Å². The number of alkyl halides is 1. The van der Waals surface area contributed by atoms with Gasteiger partial charge in [-0.3, -0.25) is 4.79 Å². The van der Waals surface area contributed by atoms with E-state index in [4.69, 9.17) is 11.6 Å². The Morgan fingerprint density at radius 1 is 1.53 bits per heavy atom. The van der Waals surface area contributed by atoms with E-state index >= 15 is 0 Å². The van der Waals surface area contributed by atoms with E-state index in [-0.39, 0.29) is 11.8 Å². The molecule has 1 unspecified atom stereocenters. The molecule has 2 nitrogen and oxygen atoms in total. The van der Waals surface area contributed by atoms with Crippen LogP contribution < -0.4 is 4.90 Å². The molecule has 3 heteroatoms. The van der Waals surface area contributed by atoms with Gasteiger partial charge in [0, 0.05) is 24.0 Å². The quantitative estimate of drug-likeness (QED) is 0.706. The van der Waals surface area contributed by atoms with E-state index in [1.54, 1.807) is 0 Å². The third-order valence-corrected chi connectivity index (χ3v) is 3.27. The number of benzene rings is 1. The van der Waals surface area contributed by atoms with Crippen LogP contribution in [-0.2, 0) is 11.2 Å². The second-order valence-corrected chi connectivity index (χ2v) is 4.23. The van der Waals surface area contributed by atoms with Gasteiger partial charge < -0.3 is 4.90 Å². The Kier molecular flexibility index (Phi) is 2.96. The number of para-hydroxylation sites is 1. The van der Waals surface area contributed by atoms with Gasteiger partial charge in [-0.2, -0.15) is 0 Å². The molecule has 0 radical (unpaired) electrons. The predicted molar refractivity (Wildman–Crippen MR) is 62.4 cm³/mol. The lowest BCUT2D eigenvalue weighted by Crippen LogP contribution is -2.34. The van der Waals surface area contributed by atoms with Gasteiger partial charge >= 0.3 is 0 Å². The number of halogens is 1. The summed E-state index contributed by atoms with van der Waals surface area (Å²) in [5, 5.41) is 0. The summed E-state index contributed by atoms with van der Waals surface area (Å²) in [5.74, 6) is 0.421. The van der Waals surface area contributed by atoms with Crippen molar-refractivity contribution in [3.05, 3.63) is 29.8 Å². The second kappa shape index (κ2) is 4.23. The van der Waals surface area contributed by atoms with Crippen molar-refractivity contribution in [1.82, 2.24) is 0 Å². The number of anilines is 1. The van der Waals surface area contributed by atoms with Gasteiger partial charge in [-0.25, -0.2) is 0 Å². The average molecular weight is 224 g/mol. The highest BCUT2D eigenvalue weighted by atomic mass is 35.5. The maximum absolute atomic E-state index is 12.0. The standard InChI is InChI=1S/C12H14ClNO/c1-9(8-13)12(15)14-7-6-10-4-2-3-5-11(10)14/h2-5,9H,6-8H2,1H3. The van der Waals surface area contributed by atoms with Crippen LogP contribution in [0.2, 0.25) is 0 Å². The SMILES string of the molecule is CC(CCl)C(=O)N1CCc2ccccc21. The number of carbonyl (C=O) groups excluding carboxylic acids is 1. The van der Waals surface area contributed by atoms with Crippen molar-refractivity contribution in [3.8, 4) is 0 Å². The molecule has 1 aliphatic heterocycles. The Hall–Kier alpha value is -1.02. The van der Waals surface area contributed by atoms with Gasteiger partial charge in [0.2, 0.25) is 5.91 Å². The van der Waals surface area contributed by atoms with Crippen LogP contribution in [0, 0.1) is 5.92 Å². The summed E-state index contributed by atoms with van der Waals surface area (Å²) in [6.07, 6.45) is 0.955. The molecule has 2 rings (SSSR count). The highest BCUT2D eigenvalue weighted by molar-refractivity contribution is 6.19. The Morgan fingerprint density at radius 2 is 2.27 bits per heavy atom. The third kappa shape index (κ3) is 1.86. The predicted octanol–water partition coefficient (Wildman–Crippen LogP) is 2.45. The van der Waals surface area contributed by atoms with E-state index in [1.807, 2.05) is 30.0 Å². The molecule has 15 heavy (non-hydrogen) atoms. The van der Waals surface area contributed by atoms with Crippen LogP contribution in [0.3, 0.4) is 0 Å². The minimum absolute atomic E-state index is 0.0992. The minimum Gasteiger partial charge on any atom is -0.312 e. The Bertz CT molecular complexity index is 378. The average Bonchev–Trinajstić information content (AvgIpc) is 2.70. The molecule has 1 aliphatic rings. The van der Waals surface area contributed by atoms with Gasteiger partial charge in [0.15, 0.2) is 0 Å². The van der Waals surface area contributed by atoms with Crippen molar-refractivity contribution in [1.29, 1.82) is 0 Å². The molecule has 80 valence electrons. The van der Waals surface area contributed by atoms with Crippen molar-refractivity contribution in [2.45, 2.75) is 13.3 Å². The lowest BCUT2D eigenvalue weighted by molar-refractivity contribution is -0.121. The van der Waals surface area contributed by atoms with Crippen LogP contribution in [0.5, 0.6) is 0 Å². The van der Waals surface area contributed by atoms with E-state index < -0.39 is 0 Å². The molecule has 1 amide bonds. The number of fused-ring (bicyclic) bond motifs is 1. The molecule has 0 saturated heterocycles. The lowest BCUT2D eigenvalue weighted by Gasteiger charge is -2.20. The minimum atomic E-state index is -0.0992. The first kappa shape index (κ1) is 10.5. The molecule has 1 atom stereocenters. The first-order valence-electron chi connectivity index (χ1n) is 5.19. The monoisotopic (exact) mass is 223 g/mol. The zero-order valence-corrected chi connectivity index (χ0v) is 9.50. The zero-order valence-electron chi connectivity index (χ0n) is 8.74. The number of hydrogen-bond acceptors (Lipinski definition) is 1. The van der Waals surface area contributed by atoms with Gasteiger partial charge in [0.25, 0.3) is 0 Å². The summed E-state index contributed by atoms with van der Waals surface area (Å²) in [4.78, 5) is 13.8. The summed E-state index contributed by atoms with van der Waals surface area (Å²) in [7, 11) is 0. The summed E-state index contributed by atoms with van der Waals surface area (Å²) in [5.41, 5.74) is 2.31. The Labute approximate surface area is 94.8 Å². The van der Waals surface area contributed by atoms with Gasteiger partial charge in [0.05, 0.1) is 0 Å². The van der Waals surface area contributed by atoms with Crippen molar-refractivity contribution in [2.24, 2.45) is 5.92 Å². The van der Waals surface area contributed by atoms with Crippen molar-refractivity contribution in [2.75, 3.05) is 17.3 Å². The summed E-state index contributed by atoms with van der Waals surface area (Å²) >= 11 is 5.70. The first-order chi connectivity index (χ1) is 7.24. The highest BCUT2D eigenvalue weighted by Crippen LogP contribution is 2.28. The van der Waals surface area contributed by atoms with Crippen LogP contribution in [0.1, 0.15) is 12.5 Å². The normalized spacial score (nSPS) is 16.3. The molecule has 0 saturated carbocycles. The van der Waals surface area contributed by atoms with Gasteiger partial charge in [0.1, 0.15) is 0 Å².